The van der Waals surface area contributed by atoms with E-state index >= 15 is 0 Å². The zero-order chi connectivity index (χ0) is 20.2. The SMILES string of the molecule is Cc1ccc(NC(=O)Cn2c(O)c(N=Nc3ccccc3)c3ccccc32)cc1. The smallest absolute Gasteiger partial charge is 0.244 e. The van der Waals surface area contributed by atoms with Crippen LogP contribution >= 0.6 is 0 Å². The van der Waals surface area contributed by atoms with Gasteiger partial charge < -0.3 is 15.0 Å². The molecule has 6 nitrogen and oxygen atoms in total. The molecule has 29 heavy (non-hydrogen) atoms. The third kappa shape index (κ3) is 4.01. The van der Waals surface area contributed by atoms with E-state index in [1.165, 1.54) is 4.57 Å². The number of hydrogen-bond acceptors (Lipinski definition) is 4. The molecule has 1 aromatic heterocycles. The van der Waals surface area contributed by atoms with Crippen LogP contribution in [0.5, 0.6) is 5.88 Å². The van der Waals surface area contributed by atoms with Crippen molar-refractivity contribution in [3.8, 4) is 5.88 Å². The van der Waals surface area contributed by atoms with Crippen molar-refractivity contribution in [2.24, 2.45) is 10.2 Å². The molecule has 4 aromatic rings. The van der Waals surface area contributed by atoms with Gasteiger partial charge in [0, 0.05) is 11.1 Å². The summed E-state index contributed by atoms with van der Waals surface area (Å²) in [5.41, 5.74) is 3.56. The second-order valence-corrected chi connectivity index (χ2v) is 6.73. The van der Waals surface area contributed by atoms with Crippen LogP contribution < -0.4 is 5.32 Å². The maximum absolute atomic E-state index is 12.6. The molecule has 0 aliphatic rings. The lowest BCUT2D eigenvalue weighted by Crippen LogP contribution is -2.18. The Bertz CT molecular complexity index is 1180. The first-order valence-corrected chi connectivity index (χ1v) is 9.25. The summed E-state index contributed by atoms with van der Waals surface area (Å²) in [6, 6.07) is 24.3. The summed E-state index contributed by atoms with van der Waals surface area (Å²) < 4.78 is 1.54. The van der Waals surface area contributed by atoms with Gasteiger partial charge in [0.2, 0.25) is 11.8 Å². The normalized spacial score (nSPS) is 11.2. The van der Waals surface area contributed by atoms with Crippen LogP contribution in [0.1, 0.15) is 5.56 Å². The Morgan fingerprint density at radius 1 is 0.931 bits per heavy atom. The second-order valence-electron chi connectivity index (χ2n) is 6.73. The van der Waals surface area contributed by atoms with Gasteiger partial charge in [-0.15, -0.1) is 5.11 Å². The third-order valence-electron chi connectivity index (χ3n) is 4.58. The number of carbonyl (C=O) groups is 1. The van der Waals surface area contributed by atoms with Gasteiger partial charge in [0.05, 0.1) is 11.2 Å². The van der Waals surface area contributed by atoms with Crippen LogP contribution in [0, 0.1) is 6.92 Å². The number of amides is 1. The highest BCUT2D eigenvalue weighted by Gasteiger charge is 2.18. The highest BCUT2D eigenvalue weighted by molar-refractivity contribution is 5.97. The molecule has 1 amide bonds. The number of azo groups is 1. The maximum Gasteiger partial charge on any atom is 0.244 e. The molecule has 1 heterocycles. The molecule has 0 saturated heterocycles. The fourth-order valence-electron chi connectivity index (χ4n) is 3.11. The van der Waals surface area contributed by atoms with E-state index in [2.05, 4.69) is 15.5 Å². The van der Waals surface area contributed by atoms with Gasteiger partial charge in [-0.2, -0.15) is 5.11 Å². The second kappa shape index (κ2) is 7.98. The van der Waals surface area contributed by atoms with Crippen molar-refractivity contribution in [3.05, 3.63) is 84.4 Å². The van der Waals surface area contributed by atoms with E-state index in [9.17, 15) is 9.90 Å². The number of fused-ring (bicyclic) bond motifs is 1. The molecule has 0 unspecified atom stereocenters. The minimum Gasteiger partial charge on any atom is -0.493 e. The summed E-state index contributed by atoms with van der Waals surface area (Å²) in [4.78, 5) is 12.6. The molecule has 0 bridgehead atoms. The number of aryl methyl sites for hydroxylation is 1. The molecule has 0 fully saturated rings. The Morgan fingerprint density at radius 3 is 2.38 bits per heavy atom. The van der Waals surface area contributed by atoms with Crippen molar-refractivity contribution in [2.75, 3.05) is 5.32 Å². The molecule has 0 atom stereocenters. The number of para-hydroxylation sites is 1. The van der Waals surface area contributed by atoms with Gasteiger partial charge in [-0.25, -0.2) is 0 Å². The quantitative estimate of drug-likeness (QED) is 0.432. The van der Waals surface area contributed by atoms with Crippen LogP contribution in [0.3, 0.4) is 0 Å². The zero-order valence-corrected chi connectivity index (χ0v) is 15.9. The predicted molar refractivity (Wildman–Crippen MR) is 114 cm³/mol. The van der Waals surface area contributed by atoms with Crippen molar-refractivity contribution in [3.63, 3.8) is 0 Å². The molecule has 0 radical (unpaired) electrons. The number of rotatable bonds is 5. The van der Waals surface area contributed by atoms with E-state index < -0.39 is 0 Å². The predicted octanol–water partition coefficient (Wildman–Crippen LogP) is 5.71. The molecule has 4 rings (SSSR count). The van der Waals surface area contributed by atoms with Gasteiger partial charge in [-0.3, -0.25) is 4.79 Å². The van der Waals surface area contributed by atoms with Crippen molar-refractivity contribution in [2.45, 2.75) is 13.5 Å². The van der Waals surface area contributed by atoms with Crippen LogP contribution in [-0.4, -0.2) is 15.6 Å². The number of benzene rings is 3. The summed E-state index contributed by atoms with van der Waals surface area (Å²) in [7, 11) is 0. The zero-order valence-electron chi connectivity index (χ0n) is 15.9. The van der Waals surface area contributed by atoms with Gasteiger partial charge in [-0.05, 0) is 37.3 Å². The van der Waals surface area contributed by atoms with Crippen molar-refractivity contribution in [1.29, 1.82) is 0 Å². The summed E-state index contributed by atoms with van der Waals surface area (Å²) in [6.45, 7) is 1.95. The molecule has 0 saturated carbocycles. The average Bonchev–Trinajstić information content (AvgIpc) is 3.00. The average molecular weight is 384 g/mol. The standard InChI is InChI=1S/C23H20N4O2/c1-16-11-13-17(14-12-16)24-21(28)15-27-20-10-6-5-9-19(20)22(23(27)29)26-25-18-7-3-2-4-8-18/h2-14,29H,15H2,1H3,(H,24,28). The van der Waals surface area contributed by atoms with Gasteiger partial charge >= 0.3 is 0 Å². The minimum absolute atomic E-state index is 0.0406. The largest absolute Gasteiger partial charge is 0.493 e. The van der Waals surface area contributed by atoms with Crippen molar-refractivity contribution >= 4 is 33.9 Å². The fourth-order valence-corrected chi connectivity index (χ4v) is 3.11. The Labute approximate surface area is 168 Å². The topological polar surface area (TPSA) is 79.0 Å². The molecular formula is C23H20N4O2. The van der Waals surface area contributed by atoms with Crippen LogP contribution in [0.15, 0.2) is 89.1 Å². The number of anilines is 1. The number of hydrogen-bond donors (Lipinski definition) is 2. The Morgan fingerprint density at radius 2 is 1.62 bits per heavy atom. The van der Waals surface area contributed by atoms with Crippen LogP contribution in [0.25, 0.3) is 10.9 Å². The molecule has 144 valence electrons. The minimum atomic E-state index is -0.239. The third-order valence-corrected chi connectivity index (χ3v) is 4.58. The van der Waals surface area contributed by atoms with Gasteiger partial charge in [0.25, 0.3) is 0 Å². The summed E-state index contributed by atoms with van der Waals surface area (Å²) in [5, 5.41) is 22.8. The Balaban J connectivity index is 1.64. The van der Waals surface area contributed by atoms with Crippen molar-refractivity contribution < 1.29 is 9.90 Å². The number of carbonyl (C=O) groups excluding carboxylic acids is 1. The van der Waals surface area contributed by atoms with Crippen LogP contribution in [0.4, 0.5) is 17.1 Å². The molecule has 6 heteroatoms. The van der Waals surface area contributed by atoms with E-state index in [0.29, 0.717) is 22.6 Å². The highest BCUT2D eigenvalue weighted by Crippen LogP contribution is 2.39. The molecule has 0 aliphatic carbocycles. The number of aromatic nitrogens is 1. The van der Waals surface area contributed by atoms with Gasteiger partial charge in [0.1, 0.15) is 6.54 Å². The lowest BCUT2D eigenvalue weighted by Gasteiger charge is -2.08. The lowest BCUT2D eigenvalue weighted by molar-refractivity contribution is -0.116. The lowest BCUT2D eigenvalue weighted by atomic mass is 10.2. The first-order chi connectivity index (χ1) is 14.1. The molecule has 2 N–H and O–H groups in total. The first-order valence-electron chi connectivity index (χ1n) is 9.25. The summed E-state index contributed by atoms with van der Waals surface area (Å²) in [5.74, 6) is -0.332. The van der Waals surface area contributed by atoms with E-state index in [-0.39, 0.29) is 18.3 Å². The highest BCUT2D eigenvalue weighted by atomic mass is 16.3. The maximum atomic E-state index is 12.6. The van der Waals surface area contributed by atoms with E-state index in [4.69, 9.17) is 0 Å². The van der Waals surface area contributed by atoms with Gasteiger partial charge in [0.15, 0.2) is 5.69 Å². The Hall–Kier alpha value is -3.93. The Kier molecular flexibility index (Phi) is 5.07. The fraction of sp³-hybridized carbons (Fsp3) is 0.0870. The van der Waals surface area contributed by atoms with Crippen LogP contribution in [0.2, 0.25) is 0 Å². The number of nitrogens with zero attached hydrogens (tertiary/aromatic N) is 3. The first kappa shape index (κ1) is 18.4. The molecule has 3 aromatic carbocycles. The van der Waals surface area contributed by atoms with E-state index in [0.717, 1.165) is 10.9 Å². The molecular weight excluding hydrogens is 364 g/mol. The van der Waals surface area contributed by atoms with Crippen molar-refractivity contribution in [1.82, 2.24) is 4.57 Å². The molecule has 0 aliphatic heterocycles. The summed E-state index contributed by atoms with van der Waals surface area (Å²) in [6.07, 6.45) is 0. The van der Waals surface area contributed by atoms with E-state index in [1.54, 1.807) is 0 Å². The van der Waals surface area contributed by atoms with Gasteiger partial charge in [-0.1, -0.05) is 54.1 Å². The van der Waals surface area contributed by atoms with E-state index in [1.807, 2.05) is 85.8 Å². The monoisotopic (exact) mass is 384 g/mol. The summed E-state index contributed by atoms with van der Waals surface area (Å²) >= 11 is 0. The molecule has 0 spiro atoms. The number of aromatic hydroxyl groups is 1. The van der Waals surface area contributed by atoms with Crippen LogP contribution in [-0.2, 0) is 11.3 Å². The number of nitrogens with one attached hydrogen (secondary N) is 1.